The Morgan fingerprint density at radius 3 is 1.30 bits per heavy atom. The van der Waals surface area contributed by atoms with Gasteiger partial charge in [-0.1, -0.05) is 111 Å². The molecule has 0 aliphatic carbocycles. The minimum atomic E-state index is 0. The van der Waals surface area contributed by atoms with Gasteiger partial charge < -0.3 is 20.3 Å². The number of hydrogen-bond donors (Lipinski definition) is 0. The smallest absolute Gasteiger partial charge is 0.372 e. The summed E-state index contributed by atoms with van der Waals surface area (Å²) in [4.78, 5) is 0. The topological polar surface area (TPSA) is 0 Å². The van der Waals surface area contributed by atoms with E-state index in [1.807, 2.05) is 0 Å². The van der Waals surface area contributed by atoms with Crippen molar-refractivity contribution in [1.29, 1.82) is 0 Å². The summed E-state index contributed by atoms with van der Waals surface area (Å²) in [6.45, 7) is 11.2. The monoisotopic (exact) mass is 736 g/mol. The Morgan fingerprint density at radius 2 is 0.925 bits per heavy atom. The van der Waals surface area contributed by atoms with Gasteiger partial charge in [-0.05, 0) is 23.6 Å². The Hall–Kier alpha value is -1.93. The van der Waals surface area contributed by atoms with Gasteiger partial charge in [-0.15, -0.1) is 81.8 Å². The van der Waals surface area contributed by atoms with Gasteiger partial charge in [0.15, 0.2) is 0 Å². The molecular weight excluding hydrogens is 694 g/mol. The van der Waals surface area contributed by atoms with Crippen LogP contribution in [0.15, 0.2) is 97.1 Å². The Morgan fingerprint density at radius 1 is 0.550 bits per heavy atom. The van der Waals surface area contributed by atoms with E-state index in [1.54, 1.807) is 0 Å². The zero-order valence-corrected chi connectivity index (χ0v) is 29.1. The number of benzene rings is 4. The van der Waals surface area contributed by atoms with Crippen LogP contribution in [0.5, 0.6) is 0 Å². The molecule has 0 atom stereocenters. The van der Waals surface area contributed by atoms with Crippen molar-refractivity contribution < 1.29 is 25.8 Å². The average Bonchev–Trinajstić information content (AvgIpc) is 3.56. The molecule has 0 aromatic heterocycles. The molecule has 0 saturated carbocycles. The van der Waals surface area contributed by atoms with Gasteiger partial charge >= 0.3 is 25.8 Å². The molecule has 6 aromatic carbocycles. The molecule has 6 rings (SSSR count). The van der Waals surface area contributed by atoms with Crippen LogP contribution in [0.4, 0.5) is 0 Å². The predicted molar refractivity (Wildman–Crippen MR) is 181 cm³/mol. The number of hydrogen-bond acceptors (Lipinski definition) is 0. The molecule has 40 heavy (non-hydrogen) atoms. The van der Waals surface area contributed by atoms with Gasteiger partial charge in [-0.3, -0.25) is 0 Å². The van der Waals surface area contributed by atoms with Crippen LogP contribution in [0.25, 0.3) is 43.1 Å². The molecule has 0 fully saturated rings. The maximum atomic E-state index is 3.38. The fourth-order valence-electron chi connectivity index (χ4n) is 5.10. The van der Waals surface area contributed by atoms with Crippen molar-refractivity contribution in [2.45, 2.75) is 58.8 Å². The normalized spacial score (nSPS) is 10.1. The van der Waals surface area contributed by atoms with Crippen LogP contribution in [-0.2, 0) is 38.7 Å². The molecule has 208 valence electrons. The van der Waals surface area contributed by atoms with Gasteiger partial charge in [0.2, 0.25) is 0 Å². The number of fused-ring (bicyclic) bond motifs is 6. The third-order valence-corrected chi connectivity index (χ3v) is 6.99. The molecule has 6 aromatic rings. The number of halogens is 2. The maximum Gasteiger partial charge on any atom is 4.00 e. The molecular formula is C37H42Cl2Hf. The molecule has 0 unspecified atom stereocenters. The van der Waals surface area contributed by atoms with Gasteiger partial charge in [0.25, 0.3) is 0 Å². The Bertz CT molecular complexity index is 1440. The summed E-state index contributed by atoms with van der Waals surface area (Å²) in [5.74, 6) is 0. The van der Waals surface area contributed by atoms with Crippen LogP contribution < -0.4 is 0 Å². The third kappa shape index (κ3) is 9.04. The van der Waals surface area contributed by atoms with Crippen LogP contribution in [0.2, 0.25) is 0 Å². The zero-order valence-electron chi connectivity index (χ0n) is 23.9. The molecule has 0 radical (unpaired) electrons. The first kappa shape index (κ1) is 36.1. The average molecular weight is 736 g/mol. The molecule has 0 nitrogen and oxygen atoms in total. The van der Waals surface area contributed by atoms with Crippen LogP contribution in [0, 0.1) is 13.8 Å². The SMILES string of the molecule is CCCCc1cc2c(ccc3ccccc32)[cH-]1.CCCCc1cc2c(ccc3ccccc32)[cH-]1.Cl.Cl.[CH2-]C[CH2-].[Hf+4]. The maximum absolute atomic E-state index is 3.38. The fraction of sp³-hybridized carbons (Fsp3) is 0.243. The Kier molecular flexibility index (Phi) is 16.7. The number of aryl methyl sites for hydroxylation is 2. The van der Waals surface area contributed by atoms with E-state index in [0.29, 0.717) is 0 Å². The standard InChI is InChI=1S/2C17H17.C3H6.2ClH.Hf/c2*1-2-3-6-13-11-15-10-9-14-7-4-5-8-16(14)17(15)12-13;1-3-2;;;/h2*4-5,7-12H,2-3,6H2,1H3;1-3H2;2*1H;/q2*-1;-2;;;+4. The molecule has 3 heteroatoms. The van der Waals surface area contributed by atoms with Gasteiger partial charge in [0.05, 0.1) is 0 Å². The van der Waals surface area contributed by atoms with Gasteiger partial charge in [-0.2, -0.15) is 12.1 Å². The molecule has 0 spiro atoms. The molecule has 0 aliphatic rings. The van der Waals surface area contributed by atoms with Gasteiger partial charge in [0, 0.05) is 0 Å². The summed E-state index contributed by atoms with van der Waals surface area (Å²) in [7, 11) is 0. The molecule has 0 amide bonds. The molecule has 0 N–H and O–H groups in total. The molecule has 0 heterocycles. The van der Waals surface area contributed by atoms with E-state index in [4.69, 9.17) is 0 Å². The van der Waals surface area contributed by atoms with Crippen molar-refractivity contribution in [2.75, 3.05) is 0 Å². The second kappa shape index (κ2) is 18.5. The van der Waals surface area contributed by atoms with Crippen LogP contribution in [0.3, 0.4) is 0 Å². The second-order valence-electron chi connectivity index (χ2n) is 9.87. The van der Waals surface area contributed by atoms with Crippen molar-refractivity contribution in [2.24, 2.45) is 0 Å². The van der Waals surface area contributed by atoms with Crippen LogP contribution in [-0.4, -0.2) is 0 Å². The quantitative estimate of drug-likeness (QED) is 0.118. The summed E-state index contributed by atoms with van der Waals surface area (Å²) in [5, 5.41) is 11.0. The van der Waals surface area contributed by atoms with E-state index >= 15 is 0 Å². The summed E-state index contributed by atoms with van der Waals surface area (Å²) in [5.41, 5.74) is 2.97. The Balaban J connectivity index is 0.000000341. The summed E-state index contributed by atoms with van der Waals surface area (Å²) >= 11 is 0. The van der Waals surface area contributed by atoms with Crippen molar-refractivity contribution in [3.05, 3.63) is 122 Å². The Labute approximate surface area is 272 Å². The summed E-state index contributed by atoms with van der Waals surface area (Å²) < 4.78 is 0. The van der Waals surface area contributed by atoms with Crippen LogP contribution in [0.1, 0.15) is 57.1 Å². The van der Waals surface area contributed by atoms with Crippen molar-refractivity contribution >= 4 is 67.9 Å². The van der Waals surface area contributed by atoms with E-state index in [9.17, 15) is 0 Å². The van der Waals surface area contributed by atoms with E-state index in [-0.39, 0.29) is 50.7 Å². The largest absolute Gasteiger partial charge is 4.00 e. The van der Waals surface area contributed by atoms with E-state index in [1.165, 1.54) is 92.7 Å². The second-order valence-corrected chi connectivity index (χ2v) is 9.87. The molecule has 0 aliphatic heterocycles. The minimum absolute atomic E-state index is 0. The number of rotatable bonds is 6. The zero-order chi connectivity index (χ0) is 26.0. The predicted octanol–water partition coefficient (Wildman–Crippen LogP) is 12.0. The first-order chi connectivity index (χ1) is 18.2. The van der Waals surface area contributed by atoms with Gasteiger partial charge in [0.1, 0.15) is 0 Å². The molecule has 0 bridgehead atoms. The first-order valence-electron chi connectivity index (χ1n) is 13.9. The summed E-state index contributed by atoms with van der Waals surface area (Å²) in [6.07, 6.45) is 8.27. The van der Waals surface area contributed by atoms with E-state index in [2.05, 4.69) is 125 Å². The van der Waals surface area contributed by atoms with Crippen molar-refractivity contribution in [1.82, 2.24) is 0 Å². The summed E-state index contributed by atoms with van der Waals surface area (Å²) in [6, 6.07) is 35.6. The fourth-order valence-corrected chi connectivity index (χ4v) is 5.10. The van der Waals surface area contributed by atoms with Crippen LogP contribution >= 0.6 is 24.8 Å². The van der Waals surface area contributed by atoms with Crippen molar-refractivity contribution in [3.8, 4) is 0 Å². The van der Waals surface area contributed by atoms with Crippen molar-refractivity contribution in [3.63, 3.8) is 0 Å². The third-order valence-electron chi connectivity index (χ3n) is 6.99. The number of unbranched alkanes of at least 4 members (excludes halogenated alkanes) is 2. The van der Waals surface area contributed by atoms with E-state index < -0.39 is 0 Å². The molecule has 0 saturated heterocycles. The van der Waals surface area contributed by atoms with E-state index in [0.717, 1.165) is 6.42 Å². The first-order valence-corrected chi connectivity index (χ1v) is 13.9. The minimum Gasteiger partial charge on any atom is -0.372 e. The van der Waals surface area contributed by atoms with Gasteiger partial charge in [-0.25, -0.2) is 0 Å².